The first-order valence-corrected chi connectivity index (χ1v) is 9.43. The number of nitrogens with two attached hydrogens (primary N) is 1. The summed E-state index contributed by atoms with van der Waals surface area (Å²) in [5.41, 5.74) is 8.37. The molecule has 1 saturated carbocycles. The number of anilines is 1. The summed E-state index contributed by atoms with van der Waals surface area (Å²) < 4.78 is 0. The Kier molecular flexibility index (Phi) is 5.79. The Morgan fingerprint density at radius 2 is 1.67 bits per heavy atom. The number of amides is 3. The van der Waals surface area contributed by atoms with Crippen molar-refractivity contribution >= 4 is 17.6 Å². The highest BCUT2D eigenvalue weighted by Gasteiger charge is 2.37. The zero-order valence-corrected chi connectivity index (χ0v) is 15.8. The fraction of sp³-hybridized carbons (Fsp3) is 0.364. The molecular formula is C22H27N3O2. The topological polar surface area (TPSA) is 75.4 Å². The number of carbonyl (C=O) groups excluding carboxylic acids is 2. The van der Waals surface area contributed by atoms with Crippen molar-refractivity contribution in [3.63, 3.8) is 0 Å². The van der Waals surface area contributed by atoms with E-state index in [0.29, 0.717) is 13.0 Å². The van der Waals surface area contributed by atoms with Crippen molar-refractivity contribution in [2.24, 2.45) is 5.73 Å². The van der Waals surface area contributed by atoms with Gasteiger partial charge in [0.05, 0.1) is 6.42 Å². The average Bonchev–Trinajstić information content (AvgIpc) is 3.12. The van der Waals surface area contributed by atoms with Crippen LogP contribution in [-0.2, 0) is 16.6 Å². The first-order chi connectivity index (χ1) is 13.0. The van der Waals surface area contributed by atoms with Crippen molar-refractivity contribution in [3.05, 3.63) is 65.7 Å². The fourth-order valence-corrected chi connectivity index (χ4v) is 4.02. The number of benzene rings is 2. The van der Waals surface area contributed by atoms with Crippen LogP contribution in [0.5, 0.6) is 0 Å². The summed E-state index contributed by atoms with van der Waals surface area (Å²) in [5, 5.41) is 2.96. The van der Waals surface area contributed by atoms with E-state index in [4.69, 9.17) is 5.73 Å². The van der Waals surface area contributed by atoms with Gasteiger partial charge in [-0.15, -0.1) is 0 Å². The summed E-state index contributed by atoms with van der Waals surface area (Å²) in [6.07, 6.45) is 4.76. The molecule has 1 fully saturated rings. The van der Waals surface area contributed by atoms with Gasteiger partial charge < -0.3 is 16.0 Å². The van der Waals surface area contributed by atoms with Crippen LogP contribution in [0, 0.1) is 0 Å². The molecule has 2 aromatic rings. The summed E-state index contributed by atoms with van der Waals surface area (Å²) in [5.74, 6) is -0.0296. The third-order valence-corrected chi connectivity index (χ3v) is 5.47. The number of nitrogens with one attached hydrogen (secondary N) is 1. The smallest absolute Gasteiger partial charge is 0.314 e. The molecule has 0 unspecified atom stereocenters. The molecule has 1 aliphatic rings. The van der Waals surface area contributed by atoms with E-state index in [-0.39, 0.29) is 11.3 Å². The van der Waals surface area contributed by atoms with Gasteiger partial charge in [-0.25, -0.2) is 4.79 Å². The second kappa shape index (κ2) is 8.25. The van der Waals surface area contributed by atoms with Crippen molar-refractivity contribution in [1.29, 1.82) is 0 Å². The minimum absolute atomic E-state index is 0.0296. The second-order valence-electron chi connectivity index (χ2n) is 7.47. The third-order valence-electron chi connectivity index (χ3n) is 5.47. The summed E-state index contributed by atoms with van der Waals surface area (Å²) in [7, 11) is 1.75. The third kappa shape index (κ3) is 4.67. The van der Waals surface area contributed by atoms with E-state index in [1.54, 1.807) is 11.9 Å². The zero-order chi connectivity index (χ0) is 19.3. The molecule has 3 rings (SSSR count). The lowest BCUT2D eigenvalue weighted by molar-refractivity contribution is -0.115. The highest BCUT2D eigenvalue weighted by Crippen LogP contribution is 2.41. The van der Waals surface area contributed by atoms with Gasteiger partial charge in [-0.2, -0.15) is 0 Å². The van der Waals surface area contributed by atoms with Crippen LogP contribution in [0.25, 0.3) is 0 Å². The fourth-order valence-electron chi connectivity index (χ4n) is 4.02. The van der Waals surface area contributed by atoms with Crippen molar-refractivity contribution in [2.45, 2.75) is 37.5 Å². The van der Waals surface area contributed by atoms with E-state index < -0.39 is 6.03 Å². The number of likely N-dealkylation sites (N-methyl/N-ethyl adjacent to an activating group) is 1. The number of primary amides is 1. The Morgan fingerprint density at radius 3 is 2.26 bits per heavy atom. The SMILES string of the molecule is CN(CC1(c2ccc(NC(=O)Cc3ccccc3)cc2)CCCC1)C(N)=O. The Balaban J connectivity index is 1.68. The molecule has 3 amide bonds. The lowest BCUT2D eigenvalue weighted by Crippen LogP contribution is -2.42. The summed E-state index contributed by atoms with van der Waals surface area (Å²) in [6.45, 7) is 0.627. The Bertz CT molecular complexity index is 781. The number of hydrogen-bond donors (Lipinski definition) is 2. The molecule has 0 bridgehead atoms. The first kappa shape index (κ1) is 19.0. The normalized spacial score (nSPS) is 15.3. The van der Waals surface area contributed by atoms with Gasteiger partial charge in [-0.1, -0.05) is 55.3 Å². The van der Waals surface area contributed by atoms with Crippen LogP contribution in [-0.4, -0.2) is 30.4 Å². The van der Waals surface area contributed by atoms with Gasteiger partial charge >= 0.3 is 6.03 Å². The largest absolute Gasteiger partial charge is 0.351 e. The highest BCUT2D eigenvalue weighted by atomic mass is 16.2. The Labute approximate surface area is 160 Å². The van der Waals surface area contributed by atoms with Crippen LogP contribution in [0.15, 0.2) is 54.6 Å². The van der Waals surface area contributed by atoms with E-state index in [0.717, 1.165) is 36.9 Å². The predicted molar refractivity (Wildman–Crippen MR) is 108 cm³/mol. The molecule has 0 aromatic heterocycles. The minimum atomic E-state index is -0.397. The molecule has 0 saturated heterocycles. The van der Waals surface area contributed by atoms with Gasteiger partial charge in [0.2, 0.25) is 5.91 Å². The summed E-state index contributed by atoms with van der Waals surface area (Å²) in [6, 6.07) is 17.3. The van der Waals surface area contributed by atoms with Crippen molar-refractivity contribution in [3.8, 4) is 0 Å². The standard InChI is InChI=1S/C22H27N3O2/c1-25(21(23)27)16-22(13-5-6-14-22)18-9-11-19(12-10-18)24-20(26)15-17-7-3-2-4-8-17/h2-4,7-12H,5-6,13-16H2,1H3,(H2,23,27)(H,24,26). The number of nitrogens with zero attached hydrogens (tertiary/aromatic N) is 1. The lowest BCUT2D eigenvalue weighted by Gasteiger charge is -2.33. The first-order valence-electron chi connectivity index (χ1n) is 9.43. The number of carbonyl (C=O) groups is 2. The van der Waals surface area contributed by atoms with Gasteiger partial charge in [0.15, 0.2) is 0 Å². The maximum Gasteiger partial charge on any atom is 0.314 e. The molecule has 0 spiro atoms. The van der Waals surface area contributed by atoms with Crippen LogP contribution in [0.1, 0.15) is 36.8 Å². The molecule has 142 valence electrons. The predicted octanol–water partition coefficient (Wildman–Crippen LogP) is 3.69. The Hall–Kier alpha value is -2.82. The van der Waals surface area contributed by atoms with Crippen molar-refractivity contribution < 1.29 is 9.59 Å². The van der Waals surface area contributed by atoms with Crippen LogP contribution >= 0.6 is 0 Å². The molecule has 0 atom stereocenters. The quantitative estimate of drug-likeness (QED) is 0.819. The molecule has 2 aromatic carbocycles. The molecule has 0 radical (unpaired) electrons. The van der Waals surface area contributed by atoms with E-state index >= 15 is 0 Å². The van der Waals surface area contributed by atoms with Gasteiger partial charge in [0.1, 0.15) is 0 Å². The zero-order valence-electron chi connectivity index (χ0n) is 15.8. The maximum atomic E-state index is 12.2. The average molecular weight is 365 g/mol. The van der Waals surface area contributed by atoms with Crippen molar-refractivity contribution in [2.75, 3.05) is 18.9 Å². The highest BCUT2D eigenvalue weighted by molar-refractivity contribution is 5.92. The minimum Gasteiger partial charge on any atom is -0.351 e. The van der Waals surface area contributed by atoms with Gasteiger partial charge in [0, 0.05) is 24.7 Å². The van der Waals surface area contributed by atoms with Crippen LogP contribution in [0.3, 0.4) is 0 Å². The summed E-state index contributed by atoms with van der Waals surface area (Å²) in [4.78, 5) is 25.3. The summed E-state index contributed by atoms with van der Waals surface area (Å²) >= 11 is 0. The number of urea groups is 1. The molecule has 3 N–H and O–H groups in total. The van der Waals surface area contributed by atoms with Crippen LogP contribution < -0.4 is 11.1 Å². The van der Waals surface area contributed by atoms with E-state index in [1.807, 2.05) is 42.5 Å². The van der Waals surface area contributed by atoms with E-state index in [2.05, 4.69) is 17.4 Å². The monoisotopic (exact) mass is 365 g/mol. The van der Waals surface area contributed by atoms with Gasteiger partial charge in [-0.3, -0.25) is 4.79 Å². The van der Waals surface area contributed by atoms with Gasteiger partial charge in [-0.05, 0) is 36.1 Å². The Morgan fingerprint density at radius 1 is 1.04 bits per heavy atom. The molecule has 0 aliphatic heterocycles. The maximum absolute atomic E-state index is 12.2. The number of hydrogen-bond acceptors (Lipinski definition) is 2. The van der Waals surface area contributed by atoms with Crippen molar-refractivity contribution in [1.82, 2.24) is 4.90 Å². The number of rotatable bonds is 6. The van der Waals surface area contributed by atoms with Crippen LogP contribution in [0.2, 0.25) is 0 Å². The second-order valence-corrected chi connectivity index (χ2v) is 7.47. The molecule has 5 nitrogen and oxygen atoms in total. The molecular weight excluding hydrogens is 338 g/mol. The van der Waals surface area contributed by atoms with E-state index in [9.17, 15) is 9.59 Å². The van der Waals surface area contributed by atoms with Gasteiger partial charge in [0.25, 0.3) is 0 Å². The molecule has 0 heterocycles. The molecule has 1 aliphatic carbocycles. The molecule has 5 heteroatoms. The molecule has 27 heavy (non-hydrogen) atoms. The van der Waals surface area contributed by atoms with Crippen LogP contribution in [0.4, 0.5) is 10.5 Å². The lowest BCUT2D eigenvalue weighted by atomic mass is 9.78. The van der Waals surface area contributed by atoms with E-state index in [1.165, 1.54) is 5.56 Å².